The summed E-state index contributed by atoms with van der Waals surface area (Å²) in [5.41, 5.74) is 2.23. The van der Waals surface area contributed by atoms with E-state index in [4.69, 9.17) is 0 Å². The number of nitrogens with one attached hydrogen (secondary N) is 2. The Morgan fingerprint density at radius 3 is 2.53 bits per heavy atom. The first-order valence-corrected chi connectivity index (χ1v) is 11.1. The summed E-state index contributed by atoms with van der Waals surface area (Å²) >= 11 is 1.31. The minimum Gasteiger partial charge on any atom is -0.345 e. The van der Waals surface area contributed by atoms with Crippen LogP contribution in [-0.4, -0.2) is 32.3 Å². The van der Waals surface area contributed by atoms with E-state index in [1.54, 1.807) is 35.2 Å². The summed E-state index contributed by atoms with van der Waals surface area (Å²) in [4.78, 5) is 24.9. The molecule has 0 spiro atoms. The van der Waals surface area contributed by atoms with Gasteiger partial charge in [-0.2, -0.15) is 0 Å². The van der Waals surface area contributed by atoms with Crippen molar-refractivity contribution in [3.63, 3.8) is 0 Å². The van der Waals surface area contributed by atoms with Gasteiger partial charge in [-0.3, -0.25) is 9.59 Å². The fourth-order valence-electron chi connectivity index (χ4n) is 3.42. The quantitative estimate of drug-likeness (QED) is 0.417. The number of benzene rings is 3. The SMILES string of the molecule is CC(NC(=O)c1ccc(NC(=O)CSc2nncn2C)cc1)c1cccc2ccccc12. The van der Waals surface area contributed by atoms with Crippen molar-refractivity contribution in [1.82, 2.24) is 20.1 Å². The molecule has 0 aliphatic rings. The van der Waals surface area contributed by atoms with Crippen LogP contribution < -0.4 is 10.6 Å². The van der Waals surface area contributed by atoms with Crippen LogP contribution in [0.15, 0.2) is 78.2 Å². The summed E-state index contributed by atoms with van der Waals surface area (Å²) in [5.74, 6) is -0.0990. The molecule has 1 unspecified atom stereocenters. The first-order chi connectivity index (χ1) is 15.5. The van der Waals surface area contributed by atoms with Crippen LogP contribution in [0.5, 0.6) is 0 Å². The monoisotopic (exact) mass is 445 g/mol. The Hall–Kier alpha value is -3.65. The van der Waals surface area contributed by atoms with E-state index in [0.29, 0.717) is 16.4 Å². The molecule has 0 fully saturated rings. The summed E-state index contributed by atoms with van der Waals surface area (Å²) in [6, 6.07) is 20.9. The summed E-state index contributed by atoms with van der Waals surface area (Å²) in [7, 11) is 1.82. The van der Waals surface area contributed by atoms with Gasteiger partial charge in [0.2, 0.25) is 5.91 Å². The van der Waals surface area contributed by atoms with Gasteiger partial charge in [-0.25, -0.2) is 0 Å². The number of anilines is 1. The molecule has 8 heteroatoms. The zero-order valence-electron chi connectivity index (χ0n) is 17.8. The van der Waals surface area contributed by atoms with Crippen LogP contribution in [0.3, 0.4) is 0 Å². The van der Waals surface area contributed by atoms with Crippen LogP contribution in [0.4, 0.5) is 5.69 Å². The zero-order valence-corrected chi connectivity index (χ0v) is 18.6. The topological polar surface area (TPSA) is 88.9 Å². The number of aryl methyl sites for hydroxylation is 1. The Kier molecular flexibility index (Phi) is 6.51. The van der Waals surface area contributed by atoms with Crippen LogP contribution in [0.2, 0.25) is 0 Å². The zero-order chi connectivity index (χ0) is 22.5. The lowest BCUT2D eigenvalue weighted by atomic mass is 9.99. The molecule has 0 radical (unpaired) electrons. The molecule has 0 aliphatic heterocycles. The van der Waals surface area contributed by atoms with Gasteiger partial charge in [0, 0.05) is 18.3 Å². The molecule has 2 N–H and O–H groups in total. The van der Waals surface area contributed by atoms with Crippen LogP contribution in [0, 0.1) is 0 Å². The van der Waals surface area contributed by atoms with E-state index in [0.717, 1.165) is 16.3 Å². The van der Waals surface area contributed by atoms with Crippen molar-refractivity contribution in [2.45, 2.75) is 18.1 Å². The lowest BCUT2D eigenvalue weighted by molar-refractivity contribution is -0.113. The first-order valence-electron chi connectivity index (χ1n) is 10.2. The molecular formula is C24H23N5O2S. The molecule has 0 bridgehead atoms. The average Bonchev–Trinajstić information content (AvgIpc) is 3.22. The summed E-state index contributed by atoms with van der Waals surface area (Å²) < 4.78 is 1.75. The first kappa shape index (κ1) is 21.6. The van der Waals surface area contributed by atoms with Crippen molar-refractivity contribution in [3.05, 3.63) is 84.2 Å². The van der Waals surface area contributed by atoms with E-state index in [1.807, 2.05) is 38.2 Å². The third kappa shape index (κ3) is 4.97. The molecule has 32 heavy (non-hydrogen) atoms. The average molecular weight is 446 g/mol. The van der Waals surface area contributed by atoms with Crippen molar-refractivity contribution in [2.24, 2.45) is 7.05 Å². The molecule has 4 rings (SSSR count). The van der Waals surface area contributed by atoms with Crippen LogP contribution >= 0.6 is 11.8 Å². The predicted octanol–water partition coefficient (Wildman–Crippen LogP) is 4.19. The minimum absolute atomic E-state index is 0.148. The van der Waals surface area contributed by atoms with Gasteiger partial charge in [-0.1, -0.05) is 54.2 Å². The van der Waals surface area contributed by atoms with E-state index in [-0.39, 0.29) is 23.6 Å². The summed E-state index contributed by atoms with van der Waals surface area (Å²) in [5, 5.41) is 16.6. The largest absolute Gasteiger partial charge is 0.345 e. The van der Waals surface area contributed by atoms with Crippen molar-refractivity contribution in [1.29, 1.82) is 0 Å². The number of thioether (sulfide) groups is 1. The van der Waals surface area contributed by atoms with Gasteiger partial charge in [0.25, 0.3) is 5.91 Å². The molecule has 7 nitrogen and oxygen atoms in total. The Morgan fingerprint density at radius 2 is 1.78 bits per heavy atom. The second kappa shape index (κ2) is 9.65. The minimum atomic E-state index is -0.166. The van der Waals surface area contributed by atoms with Crippen LogP contribution in [-0.2, 0) is 11.8 Å². The van der Waals surface area contributed by atoms with Gasteiger partial charge in [0.05, 0.1) is 11.8 Å². The predicted molar refractivity (Wildman–Crippen MR) is 127 cm³/mol. The Bertz CT molecular complexity index is 1250. The Balaban J connectivity index is 1.35. The maximum Gasteiger partial charge on any atom is 0.251 e. The maximum absolute atomic E-state index is 12.7. The van der Waals surface area contributed by atoms with Gasteiger partial charge in [0.15, 0.2) is 5.16 Å². The number of aromatic nitrogens is 3. The highest BCUT2D eigenvalue weighted by Crippen LogP contribution is 2.24. The number of rotatable bonds is 7. The number of carbonyl (C=O) groups excluding carboxylic acids is 2. The number of carbonyl (C=O) groups is 2. The Morgan fingerprint density at radius 1 is 1.03 bits per heavy atom. The lowest BCUT2D eigenvalue weighted by Gasteiger charge is -2.17. The van der Waals surface area contributed by atoms with Crippen LogP contribution in [0.1, 0.15) is 28.9 Å². The number of fused-ring (bicyclic) bond motifs is 1. The molecule has 0 aliphatic carbocycles. The Labute approximate surface area is 190 Å². The normalized spacial score (nSPS) is 11.8. The summed E-state index contributed by atoms with van der Waals surface area (Å²) in [6.45, 7) is 1.98. The second-order valence-corrected chi connectivity index (χ2v) is 8.34. The summed E-state index contributed by atoms with van der Waals surface area (Å²) in [6.07, 6.45) is 1.59. The molecule has 2 amide bonds. The molecule has 0 saturated carbocycles. The second-order valence-electron chi connectivity index (χ2n) is 7.40. The fraction of sp³-hybridized carbons (Fsp3) is 0.167. The van der Waals surface area contributed by atoms with Crippen molar-refractivity contribution in [3.8, 4) is 0 Å². The molecule has 1 aromatic heterocycles. The lowest BCUT2D eigenvalue weighted by Crippen LogP contribution is -2.26. The van der Waals surface area contributed by atoms with E-state index < -0.39 is 0 Å². The molecule has 3 aromatic carbocycles. The standard InChI is InChI=1S/C24H23N5O2S/c1-16(20-9-5-7-17-6-3-4-8-21(17)20)26-23(31)18-10-12-19(13-11-18)27-22(30)14-32-24-28-25-15-29(24)2/h3-13,15-16H,14H2,1-2H3,(H,26,31)(H,27,30). The third-order valence-electron chi connectivity index (χ3n) is 5.07. The van der Waals surface area contributed by atoms with Crippen molar-refractivity contribution >= 4 is 40.0 Å². The number of hydrogen-bond acceptors (Lipinski definition) is 5. The van der Waals surface area contributed by atoms with E-state index in [9.17, 15) is 9.59 Å². The maximum atomic E-state index is 12.7. The van der Waals surface area contributed by atoms with Gasteiger partial charge in [-0.15, -0.1) is 10.2 Å². The van der Waals surface area contributed by atoms with Gasteiger partial charge >= 0.3 is 0 Å². The van der Waals surface area contributed by atoms with Crippen molar-refractivity contribution in [2.75, 3.05) is 11.1 Å². The van der Waals surface area contributed by atoms with Gasteiger partial charge in [-0.05, 0) is 47.5 Å². The highest BCUT2D eigenvalue weighted by molar-refractivity contribution is 7.99. The van der Waals surface area contributed by atoms with E-state index in [2.05, 4.69) is 39.0 Å². The molecular weight excluding hydrogens is 422 g/mol. The van der Waals surface area contributed by atoms with E-state index in [1.165, 1.54) is 11.8 Å². The van der Waals surface area contributed by atoms with Gasteiger partial charge < -0.3 is 15.2 Å². The van der Waals surface area contributed by atoms with Crippen LogP contribution in [0.25, 0.3) is 10.8 Å². The van der Waals surface area contributed by atoms with Crippen molar-refractivity contribution < 1.29 is 9.59 Å². The fourth-order valence-corrected chi connectivity index (χ4v) is 4.11. The molecule has 4 aromatic rings. The smallest absolute Gasteiger partial charge is 0.251 e. The number of amides is 2. The molecule has 1 heterocycles. The molecule has 1 atom stereocenters. The molecule has 0 saturated heterocycles. The number of hydrogen-bond donors (Lipinski definition) is 2. The number of nitrogens with zero attached hydrogens (tertiary/aromatic N) is 3. The highest BCUT2D eigenvalue weighted by atomic mass is 32.2. The third-order valence-corrected chi connectivity index (χ3v) is 6.10. The highest BCUT2D eigenvalue weighted by Gasteiger charge is 2.14. The van der Waals surface area contributed by atoms with Gasteiger partial charge in [0.1, 0.15) is 6.33 Å². The van der Waals surface area contributed by atoms with E-state index >= 15 is 0 Å². The molecule has 162 valence electrons.